The van der Waals surface area contributed by atoms with Crippen LogP contribution in [0.5, 0.6) is 0 Å². The van der Waals surface area contributed by atoms with E-state index in [1.807, 2.05) is 0 Å². The predicted octanol–water partition coefficient (Wildman–Crippen LogP) is 9.45. The van der Waals surface area contributed by atoms with E-state index in [1.165, 1.54) is 76.5 Å². The smallest absolute Gasteiger partial charge is 0.224 e. The molecule has 7 rings (SSSR count). The third-order valence-corrected chi connectivity index (χ3v) is 8.47. The lowest BCUT2D eigenvalue weighted by molar-refractivity contribution is -0.643. The standard InChI is InChI=1S/C37H39N2/c1-22-26-11-9-10-12-27(26)33-28-18-23(20-36(2,3)4)13-14-29(28)39-30-19-24(21-37(5,6)7)17-25-15-16-38(8)34(32(25)30)31(22)35(33)39/h9-19H,20-21H2,1-8H3/q+1. The van der Waals surface area contributed by atoms with Crippen LogP contribution < -0.4 is 4.57 Å². The van der Waals surface area contributed by atoms with Crippen LogP contribution in [-0.4, -0.2) is 4.40 Å². The Morgan fingerprint density at radius 3 is 2.08 bits per heavy atom. The quantitative estimate of drug-likeness (QED) is 0.124. The van der Waals surface area contributed by atoms with Crippen molar-refractivity contribution in [1.82, 2.24) is 4.40 Å². The molecule has 0 saturated carbocycles. The lowest BCUT2D eigenvalue weighted by Crippen LogP contribution is -2.29. The largest absolute Gasteiger partial charge is 0.307 e. The van der Waals surface area contributed by atoms with Crippen LogP contribution in [0.2, 0.25) is 0 Å². The van der Waals surface area contributed by atoms with Crippen molar-refractivity contribution < 1.29 is 4.57 Å². The molecule has 0 N–H and O–H groups in total. The summed E-state index contributed by atoms with van der Waals surface area (Å²) in [5.41, 5.74) is 9.97. The summed E-state index contributed by atoms with van der Waals surface area (Å²) in [6.07, 6.45) is 4.36. The van der Waals surface area contributed by atoms with E-state index in [9.17, 15) is 0 Å². The second-order valence-electron chi connectivity index (χ2n) is 14.3. The molecule has 3 aromatic heterocycles. The van der Waals surface area contributed by atoms with Gasteiger partial charge in [0, 0.05) is 16.8 Å². The Bertz CT molecular complexity index is 2090. The van der Waals surface area contributed by atoms with Gasteiger partial charge in [-0.2, -0.15) is 0 Å². The molecular formula is C37H39N2+. The second-order valence-corrected chi connectivity index (χ2v) is 14.3. The van der Waals surface area contributed by atoms with Gasteiger partial charge in [-0.3, -0.25) is 0 Å². The van der Waals surface area contributed by atoms with Gasteiger partial charge in [-0.1, -0.05) is 77.9 Å². The van der Waals surface area contributed by atoms with Gasteiger partial charge in [0.05, 0.1) is 27.3 Å². The normalized spacial score (nSPS) is 13.3. The first-order chi connectivity index (χ1) is 18.4. The van der Waals surface area contributed by atoms with Gasteiger partial charge >= 0.3 is 0 Å². The molecule has 0 saturated heterocycles. The van der Waals surface area contributed by atoms with Crippen molar-refractivity contribution in [3.8, 4) is 0 Å². The molecule has 0 radical (unpaired) electrons. The minimum absolute atomic E-state index is 0.220. The van der Waals surface area contributed by atoms with E-state index in [0.29, 0.717) is 0 Å². The summed E-state index contributed by atoms with van der Waals surface area (Å²) in [7, 11) is 2.21. The molecule has 0 aliphatic rings. The Morgan fingerprint density at radius 1 is 0.667 bits per heavy atom. The molecule has 4 aromatic carbocycles. The van der Waals surface area contributed by atoms with Gasteiger partial charge in [0.15, 0.2) is 6.20 Å². The van der Waals surface area contributed by atoms with Gasteiger partial charge < -0.3 is 4.40 Å². The Hall–Kier alpha value is -3.65. The molecule has 0 amide bonds. The van der Waals surface area contributed by atoms with Crippen molar-refractivity contribution >= 4 is 59.8 Å². The Morgan fingerprint density at radius 2 is 1.36 bits per heavy atom. The minimum Gasteiger partial charge on any atom is -0.307 e. The molecular weight excluding hydrogens is 472 g/mol. The highest BCUT2D eigenvalue weighted by Crippen LogP contribution is 2.45. The van der Waals surface area contributed by atoms with E-state index < -0.39 is 0 Å². The first-order valence-electron chi connectivity index (χ1n) is 14.4. The second kappa shape index (κ2) is 7.94. The van der Waals surface area contributed by atoms with Crippen molar-refractivity contribution in [3.63, 3.8) is 0 Å². The Kier molecular flexibility index (Phi) is 4.97. The van der Waals surface area contributed by atoms with Gasteiger partial charge in [0.1, 0.15) is 7.05 Å². The summed E-state index contributed by atoms with van der Waals surface area (Å²) in [6, 6.07) is 23.5. The summed E-state index contributed by atoms with van der Waals surface area (Å²) in [4.78, 5) is 0. The molecule has 0 aliphatic heterocycles. The molecule has 0 bridgehead atoms. The van der Waals surface area contributed by atoms with Gasteiger partial charge in [-0.25, -0.2) is 4.57 Å². The number of rotatable bonds is 2. The van der Waals surface area contributed by atoms with E-state index in [2.05, 4.69) is 131 Å². The van der Waals surface area contributed by atoms with Crippen LogP contribution in [0.3, 0.4) is 0 Å². The monoisotopic (exact) mass is 511 g/mol. The average Bonchev–Trinajstić information content (AvgIpc) is 3.18. The van der Waals surface area contributed by atoms with Crippen LogP contribution in [0.15, 0.2) is 66.9 Å². The molecule has 0 aliphatic carbocycles. The fraction of sp³-hybridized carbons (Fsp3) is 0.324. The molecule has 2 nitrogen and oxygen atoms in total. The highest BCUT2D eigenvalue weighted by atomic mass is 15.0. The average molecular weight is 512 g/mol. The zero-order chi connectivity index (χ0) is 27.4. The van der Waals surface area contributed by atoms with Gasteiger partial charge in [-0.15, -0.1) is 0 Å². The number of hydrogen-bond donors (Lipinski definition) is 0. The van der Waals surface area contributed by atoms with E-state index in [4.69, 9.17) is 0 Å². The van der Waals surface area contributed by atoms with E-state index in [1.54, 1.807) is 0 Å². The molecule has 3 heterocycles. The highest BCUT2D eigenvalue weighted by Gasteiger charge is 2.27. The fourth-order valence-electron chi connectivity index (χ4n) is 7.18. The maximum absolute atomic E-state index is 2.60. The first-order valence-corrected chi connectivity index (χ1v) is 14.4. The summed E-state index contributed by atoms with van der Waals surface area (Å²) >= 11 is 0. The summed E-state index contributed by atoms with van der Waals surface area (Å²) in [5, 5.41) is 9.54. The molecule has 0 spiro atoms. The van der Waals surface area contributed by atoms with Gasteiger partial charge in [-0.05, 0) is 81.6 Å². The molecule has 7 aromatic rings. The number of hydrogen-bond acceptors (Lipinski definition) is 0. The zero-order valence-corrected chi connectivity index (χ0v) is 24.7. The maximum atomic E-state index is 2.60. The van der Waals surface area contributed by atoms with Crippen molar-refractivity contribution in [2.24, 2.45) is 17.9 Å². The number of benzene rings is 4. The van der Waals surface area contributed by atoms with Crippen LogP contribution in [0, 0.1) is 17.8 Å². The van der Waals surface area contributed by atoms with Crippen molar-refractivity contribution in [2.75, 3.05) is 0 Å². The van der Waals surface area contributed by atoms with Gasteiger partial charge in [0.25, 0.3) is 0 Å². The van der Waals surface area contributed by atoms with Crippen molar-refractivity contribution in [1.29, 1.82) is 0 Å². The first kappa shape index (κ1) is 24.4. The van der Waals surface area contributed by atoms with E-state index in [-0.39, 0.29) is 10.8 Å². The van der Waals surface area contributed by atoms with Crippen LogP contribution in [-0.2, 0) is 19.9 Å². The Labute approximate surface area is 231 Å². The lowest BCUT2D eigenvalue weighted by atomic mass is 9.86. The lowest BCUT2D eigenvalue weighted by Gasteiger charge is -2.20. The number of aryl methyl sites for hydroxylation is 2. The van der Waals surface area contributed by atoms with E-state index >= 15 is 0 Å². The number of pyridine rings is 2. The summed E-state index contributed by atoms with van der Waals surface area (Å²) in [6.45, 7) is 16.3. The number of aromatic nitrogens is 2. The summed E-state index contributed by atoms with van der Waals surface area (Å²) < 4.78 is 4.94. The van der Waals surface area contributed by atoms with Crippen LogP contribution in [0.25, 0.3) is 59.8 Å². The topological polar surface area (TPSA) is 8.29 Å². The van der Waals surface area contributed by atoms with E-state index in [0.717, 1.165) is 12.8 Å². The van der Waals surface area contributed by atoms with Crippen molar-refractivity contribution in [3.05, 3.63) is 83.6 Å². The SMILES string of the molecule is Cc1c2ccccc2c2c3cc(CC(C)(C)C)ccc3n3c4cc(CC(C)(C)C)cc5cc[n+](C)c(c1c23)c54. The Balaban J connectivity index is 1.79. The predicted molar refractivity (Wildman–Crippen MR) is 168 cm³/mol. The highest BCUT2D eigenvalue weighted by molar-refractivity contribution is 6.33. The number of nitrogens with zero attached hydrogens (tertiary/aromatic N) is 2. The van der Waals surface area contributed by atoms with Gasteiger partial charge in [0.2, 0.25) is 5.52 Å². The maximum Gasteiger partial charge on any atom is 0.224 e. The molecule has 0 fully saturated rings. The van der Waals surface area contributed by atoms with Crippen LogP contribution >= 0.6 is 0 Å². The molecule has 0 unspecified atom stereocenters. The minimum atomic E-state index is 0.220. The van der Waals surface area contributed by atoms with Crippen molar-refractivity contribution in [2.45, 2.75) is 61.3 Å². The van der Waals surface area contributed by atoms with Crippen LogP contribution in [0.1, 0.15) is 58.2 Å². The number of fused-ring (bicyclic) bond motifs is 7. The zero-order valence-electron chi connectivity index (χ0n) is 24.7. The molecule has 0 atom stereocenters. The van der Waals surface area contributed by atoms with Crippen LogP contribution in [0.4, 0.5) is 0 Å². The summed E-state index contributed by atoms with van der Waals surface area (Å²) in [5.74, 6) is 0. The third kappa shape index (κ3) is 3.64. The molecule has 196 valence electrons. The fourth-order valence-corrected chi connectivity index (χ4v) is 7.18. The molecule has 2 heteroatoms. The third-order valence-electron chi connectivity index (χ3n) is 8.47. The molecule has 39 heavy (non-hydrogen) atoms.